The zero-order chi connectivity index (χ0) is 20.6. The first-order chi connectivity index (χ1) is 13.8. The van der Waals surface area contributed by atoms with Gasteiger partial charge in [-0.25, -0.2) is 13.4 Å². The maximum atomic E-state index is 12.6. The molecule has 0 fully saturated rings. The number of nitrogens with zero attached hydrogens (tertiary/aromatic N) is 3. The Balaban J connectivity index is 1.64. The van der Waals surface area contributed by atoms with E-state index in [0.717, 1.165) is 34.6 Å². The Kier molecular flexibility index (Phi) is 4.51. The number of pyridine rings is 1. The Morgan fingerprint density at radius 3 is 2.52 bits per heavy atom. The maximum absolute atomic E-state index is 12.6. The topological polar surface area (TPSA) is 107 Å². The van der Waals surface area contributed by atoms with Crippen LogP contribution in [0.3, 0.4) is 0 Å². The van der Waals surface area contributed by atoms with Crippen LogP contribution in [0.4, 0.5) is 11.4 Å². The normalized spacial score (nSPS) is 11.5. The summed E-state index contributed by atoms with van der Waals surface area (Å²) in [6, 6.07) is 15.5. The van der Waals surface area contributed by atoms with Crippen molar-refractivity contribution in [1.82, 2.24) is 9.38 Å². The number of hydrogen-bond acceptors (Lipinski definition) is 5. The first-order valence-electron chi connectivity index (χ1n) is 8.65. The van der Waals surface area contributed by atoms with Crippen molar-refractivity contribution in [2.75, 3.05) is 4.72 Å². The molecule has 0 saturated heterocycles. The molecule has 0 atom stereocenters. The molecule has 0 spiro atoms. The molecule has 0 unspecified atom stereocenters. The van der Waals surface area contributed by atoms with E-state index in [0.29, 0.717) is 5.69 Å². The second kappa shape index (κ2) is 7.02. The summed E-state index contributed by atoms with van der Waals surface area (Å²) in [4.78, 5) is 14.7. The first-order valence-corrected chi connectivity index (χ1v) is 10.1. The summed E-state index contributed by atoms with van der Waals surface area (Å²) in [6.45, 7) is 1.97. The minimum absolute atomic E-state index is 0.0585. The summed E-state index contributed by atoms with van der Waals surface area (Å²) >= 11 is 0. The van der Waals surface area contributed by atoms with E-state index in [4.69, 9.17) is 0 Å². The number of sulfonamides is 1. The van der Waals surface area contributed by atoms with E-state index in [1.165, 1.54) is 12.1 Å². The SMILES string of the molecule is Cc1cccn2cc(-c3cccc(NS(=O)(=O)c4ccc([N+](=O)[O-])cc4)c3)nc12. The molecule has 0 aliphatic rings. The summed E-state index contributed by atoms with van der Waals surface area (Å²) in [7, 11) is -3.88. The van der Waals surface area contributed by atoms with Crippen molar-refractivity contribution in [3.8, 4) is 11.3 Å². The van der Waals surface area contributed by atoms with Gasteiger partial charge in [0.05, 0.1) is 15.5 Å². The minimum Gasteiger partial charge on any atom is -0.306 e. The Labute approximate surface area is 166 Å². The maximum Gasteiger partial charge on any atom is 0.269 e. The van der Waals surface area contributed by atoms with Gasteiger partial charge in [0.25, 0.3) is 15.7 Å². The van der Waals surface area contributed by atoms with Gasteiger partial charge in [-0.15, -0.1) is 0 Å². The molecular formula is C20H16N4O4S. The van der Waals surface area contributed by atoms with E-state index in [-0.39, 0.29) is 10.6 Å². The van der Waals surface area contributed by atoms with Gasteiger partial charge in [0.15, 0.2) is 0 Å². The molecule has 146 valence electrons. The Morgan fingerprint density at radius 1 is 1.07 bits per heavy atom. The second-order valence-corrected chi connectivity index (χ2v) is 8.17. The minimum atomic E-state index is -3.88. The second-order valence-electron chi connectivity index (χ2n) is 6.49. The predicted molar refractivity (Wildman–Crippen MR) is 109 cm³/mol. The van der Waals surface area contributed by atoms with Crippen molar-refractivity contribution < 1.29 is 13.3 Å². The summed E-state index contributed by atoms with van der Waals surface area (Å²) in [5.41, 5.74) is 3.54. The molecule has 29 heavy (non-hydrogen) atoms. The monoisotopic (exact) mass is 408 g/mol. The molecule has 4 rings (SSSR count). The lowest BCUT2D eigenvalue weighted by molar-refractivity contribution is -0.384. The molecule has 0 bridgehead atoms. The number of nitrogens with one attached hydrogen (secondary N) is 1. The standard InChI is InChI=1S/C20H16N4O4S/c1-14-4-3-11-23-13-19(21-20(14)23)15-5-2-6-16(12-15)22-29(27,28)18-9-7-17(8-10-18)24(25)26/h2-13,22H,1H3. The average molecular weight is 408 g/mol. The van der Waals surface area contributed by atoms with Gasteiger partial charge in [-0.2, -0.15) is 0 Å². The van der Waals surface area contributed by atoms with Crippen LogP contribution >= 0.6 is 0 Å². The highest BCUT2D eigenvalue weighted by Crippen LogP contribution is 2.25. The van der Waals surface area contributed by atoms with Gasteiger partial charge in [0.1, 0.15) is 5.65 Å². The molecule has 1 N–H and O–H groups in total. The number of non-ortho nitro benzene ring substituents is 1. The Morgan fingerprint density at radius 2 is 1.83 bits per heavy atom. The fraction of sp³-hybridized carbons (Fsp3) is 0.0500. The van der Waals surface area contributed by atoms with E-state index in [2.05, 4.69) is 9.71 Å². The van der Waals surface area contributed by atoms with Crippen LogP contribution in [0, 0.1) is 17.0 Å². The predicted octanol–water partition coefficient (Wildman–Crippen LogP) is 4.02. The van der Waals surface area contributed by atoms with Crippen LogP contribution in [0.1, 0.15) is 5.56 Å². The molecule has 0 radical (unpaired) electrons. The van der Waals surface area contributed by atoms with E-state index in [1.54, 1.807) is 18.2 Å². The van der Waals surface area contributed by atoms with Crippen LogP contribution in [-0.4, -0.2) is 22.7 Å². The Hall–Kier alpha value is -3.72. The lowest BCUT2D eigenvalue weighted by Crippen LogP contribution is -2.12. The average Bonchev–Trinajstić information content (AvgIpc) is 3.14. The molecule has 2 aromatic heterocycles. The van der Waals surface area contributed by atoms with Crippen LogP contribution in [0.25, 0.3) is 16.9 Å². The highest BCUT2D eigenvalue weighted by atomic mass is 32.2. The van der Waals surface area contributed by atoms with Crippen LogP contribution < -0.4 is 4.72 Å². The van der Waals surface area contributed by atoms with Gasteiger partial charge < -0.3 is 4.40 Å². The first kappa shape index (κ1) is 18.6. The summed E-state index contributed by atoms with van der Waals surface area (Å²) in [5, 5.41) is 10.7. The van der Waals surface area contributed by atoms with Gasteiger partial charge >= 0.3 is 0 Å². The number of imidazole rings is 1. The number of nitro benzene ring substituents is 1. The third kappa shape index (κ3) is 3.67. The molecule has 9 heteroatoms. The molecule has 0 amide bonds. The van der Waals surface area contributed by atoms with Gasteiger partial charge in [0, 0.05) is 35.8 Å². The van der Waals surface area contributed by atoms with Crippen molar-refractivity contribution in [3.05, 3.63) is 88.7 Å². The lowest BCUT2D eigenvalue weighted by atomic mass is 10.1. The van der Waals surface area contributed by atoms with Crippen LogP contribution in [0.15, 0.2) is 78.0 Å². The van der Waals surface area contributed by atoms with Gasteiger partial charge in [-0.3, -0.25) is 14.8 Å². The van der Waals surface area contributed by atoms with Crippen LogP contribution in [-0.2, 0) is 10.0 Å². The molecule has 0 aliphatic carbocycles. The number of aryl methyl sites for hydroxylation is 1. The fourth-order valence-corrected chi connectivity index (χ4v) is 4.05. The zero-order valence-electron chi connectivity index (χ0n) is 15.3. The van der Waals surface area contributed by atoms with Crippen molar-refractivity contribution >= 4 is 27.0 Å². The van der Waals surface area contributed by atoms with Gasteiger partial charge in [-0.1, -0.05) is 18.2 Å². The van der Waals surface area contributed by atoms with Crippen molar-refractivity contribution in [2.45, 2.75) is 11.8 Å². The number of benzene rings is 2. The van der Waals surface area contributed by atoms with Gasteiger partial charge in [-0.05, 0) is 42.8 Å². The van der Waals surface area contributed by atoms with E-state index in [9.17, 15) is 18.5 Å². The number of anilines is 1. The van der Waals surface area contributed by atoms with Crippen molar-refractivity contribution in [3.63, 3.8) is 0 Å². The third-order valence-corrected chi connectivity index (χ3v) is 5.84. The molecule has 2 heterocycles. The highest BCUT2D eigenvalue weighted by Gasteiger charge is 2.16. The smallest absolute Gasteiger partial charge is 0.269 e. The molecule has 8 nitrogen and oxygen atoms in total. The van der Waals surface area contributed by atoms with Crippen molar-refractivity contribution in [1.29, 1.82) is 0 Å². The molecule has 4 aromatic rings. The fourth-order valence-electron chi connectivity index (χ4n) is 3.00. The number of hydrogen-bond donors (Lipinski definition) is 1. The Bertz CT molecular complexity index is 1330. The molecular weight excluding hydrogens is 392 g/mol. The quantitative estimate of drug-likeness (QED) is 0.396. The van der Waals surface area contributed by atoms with E-state index >= 15 is 0 Å². The number of rotatable bonds is 5. The number of fused-ring (bicyclic) bond motifs is 1. The lowest BCUT2D eigenvalue weighted by Gasteiger charge is -2.09. The highest BCUT2D eigenvalue weighted by molar-refractivity contribution is 7.92. The van der Waals surface area contributed by atoms with Crippen molar-refractivity contribution in [2.24, 2.45) is 0 Å². The number of aromatic nitrogens is 2. The number of nitro groups is 1. The zero-order valence-corrected chi connectivity index (χ0v) is 16.1. The van der Waals surface area contributed by atoms with Gasteiger partial charge in [0.2, 0.25) is 0 Å². The van der Waals surface area contributed by atoms with E-state index in [1.807, 2.05) is 41.9 Å². The molecule has 0 saturated carbocycles. The summed E-state index contributed by atoms with van der Waals surface area (Å²) in [6.07, 6.45) is 3.78. The molecule has 2 aromatic carbocycles. The van der Waals surface area contributed by atoms with Crippen LogP contribution in [0.2, 0.25) is 0 Å². The third-order valence-electron chi connectivity index (χ3n) is 4.45. The summed E-state index contributed by atoms with van der Waals surface area (Å²) < 4.78 is 29.7. The van der Waals surface area contributed by atoms with E-state index < -0.39 is 14.9 Å². The molecule has 0 aliphatic heterocycles. The largest absolute Gasteiger partial charge is 0.306 e. The summed E-state index contributed by atoms with van der Waals surface area (Å²) in [5.74, 6) is 0. The van der Waals surface area contributed by atoms with Crippen LogP contribution in [0.5, 0.6) is 0 Å².